The van der Waals surface area contributed by atoms with Crippen molar-refractivity contribution in [2.45, 2.75) is 82.1 Å². The average Bonchev–Trinajstić information content (AvgIpc) is 3.44. The molecule has 8 aliphatic carbocycles. The van der Waals surface area contributed by atoms with Gasteiger partial charge in [-0.05, 0) is 132 Å². The molecule has 4 bridgehead atoms. The van der Waals surface area contributed by atoms with Gasteiger partial charge in [0.15, 0.2) is 0 Å². The third-order valence-electron chi connectivity index (χ3n) is 12.0. The Kier molecular flexibility index (Phi) is 8.53. The Hall–Kier alpha value is 1.46. The van der Waals surface area contributed by atoms with Gasteiger partial charge in [-0.25, -0.2) is 0 Å². The van der Waals surface area contributed by atoms with Gasteiger partial charge in [-0.2, -0.15) is 0 Å². The first kappa shape index (κ1) is 29.4. The maximum atomic E-state index is 4.93. The van der Waals surface area contributed by atoms with Gasteiger partial charge in [0, 0.05) is 0 Å². The van der Waals surface area contributed by atoms with E-state index < -0.39 is 20.8 Å². The first-order valence-corrected chi connectivity index (χ1v) is 20.0. The molecule has 8 rings (SSSR count). The van der Waals surface area contributed by atoms with Gasteiger partial charge in [0.1, 0.15) is 0 Å². The molecule has 0 saturated heterocycles. The Bertz CT molecular complexity index is 689. The minimum atomic E-state index is -0.826. The van der Waals surface area contributed by atoms with Crippen LogP contribution in [0.5, 0.6) is 0 Å². The van der Waals surface area contributed by atoms with Crippen molar-refractivity contribution in [3.63, 3.8) is 0 Å². The van der Waals surface area contributed by atoms with Crippen LogP contribution in [0, 0.1) is 119 Å². The first-order valence-electron chi connectivity index (χ1n) is 13.7. The van der Waals surface area contributed by atoms with Crippen molar-refractivity contribution < 1.29 is 20.8 Å². The van der Waals surface area contributed by atoms with Gasteiger partial charge in [0.25, 0.3) is 0 Å². The van der Waals surface area contributed by atoms with Crippen LogP contribution in [0.1, 0.15) is 82.1 Å². The van der Waals surface area contributed by atoms with Crippen LogP contribution in [0.2, 0.25) is 0 Å². The molecule has 0 aromatic rings. The summed E-state index contributed by atoms with van der Waals surface area (Å²) in [5, 5.41) is 0. The molecular formula is C32H46Cl2Zr. The molecule has 0 aromatic heterocycles. The SMILES string of the molecule is CC(C)C1(C)[C]2[CH][CH][CH][C]2C2CC1C2(C)C.CC(C)C1(C)[C]2[CH][CH][CH][C]2C2CC1C2(C)C.[Cl][Zr][Cl]. The molecule has 0 amide bonds. The third kappa shape index (κ3) is 4.18. The summed E-state index contributed by atoms with van der Waals surface area (Å²) in [6.07, 6.45) is 16.9. The van der Waals surface area contributed by atoms with E-state index in [1.54, 1.807) is 23.7 Å². The van der Waals surface area contributed by atoms with Crippen LogP contribution in [0.4, 0.5) is 0 Å². The van der Waals surface area contributed by atoms with Gasteiger partial charge in [-0.1, -0.05) is 69.2 Å². The summed E-state index contributed by atoms with van der Waals surface area (Å²) in [5.41, 5.74) is 1.83. The number of hydrogen-bond donors (Lipinski definition) is 0. The zero-order valence-corrected chi connectivity index (χ0v) is 27.6. The Morgan fingerprint density at radius 1 is 0.657 bits per heavy atom. The van der Waals surface area contributed by atoms with E-state index >= 15 is 0 Å². The van der Waals surface area contributed by atoms with Gasteiger partial charge in [0.05, 0.1) is 0 Å². The quantitative estimate of drug-likeness (QED) is 0.300. The van der Waals surface area contributed by atoms with Crippen LogP contribution in [-0.2, 0) is 20.8 Å². The Morgan fingerprint density at radius 3 is 1.23 bits per heavy atom. The molecule has 0 aliphatic heterocycles. The van der Waals surface area contributed by atoms with E-state index in [2.05, 4.69) is 108 Å². The number of halogens is 2. The van der Waals surface area contributed by atoms with Crippen LogP contribution in [0.25, 0.3) is 0 Å². The standard InChI is InChI=1S/2C16H23.2ClH.Zr/c2*1-10(2)16(5)12-8-6-7-11(12)13-9-14(16)15(13,3)4;;;/h2*6-8,10,13-14H,9H2,1-5H3;2*1H;/q;;;;+2/p-2. The van der Waals surface area contributed by atoms with Crippen LogP contribution in [0.15, 0.2) is 0 Å². The molecule has 35 heavy (non-hydrogen) atoms. The summed E-state index contributed by atoms with van der Waals surface area (Å²) in [4.78, 5) is 0. The summed E-state index contributed by atoms with van der Waals surface area (Å²) in [5.74, 6) is 11.5. The zero-order valence-electron chi connectivity index (χ0n) is 23.6. The molecule has 8 saturated carbocycles. The second-order valence-electron chi connectivity index (χ2n) is 14.1. The molecule has 0 N–H and O–H groups in total. The van der Waals surface area contributed by atoms with E-state index in [1.807, 2.05) is 0 Å². The Labute approximate surface area is 237 Å². The average molecular weight is 593 g/mol. The fourth-order valence-electron chi connectivity index (χ4n) is 9.20. The fourth-order valence-corrected chi connectivity index (χ4v) is 9.20. The predicted molar refractivity (Wildman–Crippen MR) is 147 cm³/mol. The summed E-state index contributed by atoms with van der Waals surface area (Å²) < 4.78 is 0. The van der Waals surface area contributed by atoms with Gasteiger partial charge in [-0.3, -0.25) is 0 Å². The molecular weight excluding hydrogens is 546 g/mol. The molecule has 0 nitrogen and oxygen atoms in total. The third-order valence-corrected chi connectivity index (χ3v) is 12.0. The van der Waals surface area contributed by atoms with E-state index in [9.17, 15) is 0 Å². The van der Waals surface area contributed by atoms with Crippen molar-refractivity contribution in [2.24, 2.45) is 57.2 Å². The van der Waals surface area contributed by atoms with Crippen LogP contribution >= 0.6 is 17.0 Å². The van der Waals surface area contributed by atoms with Crippen LogP contribution < -0.4 is 0 Å². The van der Waals surface area contributed by atoms with Crippen molar-refractivity contribution in [1.29, 1.82) is 0 Å². The number of hydrogen-bond acceptors (Lipinski definition) is 0. The van der Waals surface area contributed by atoms with E-state index in [0.717, 1.165) is 35.5 Å². The minimum absolute atomic E-state index is 0.400. The monoisotopic (exact) mass is 590 g/mol. The maximum absolute atomic E-state index is 4.93. The van der Waals surface area contributed by atoms with Crippen LogP contribution in [0.3, 0.4) is 0 Å². The summed E-state index contributed by atoms with van der Waals surface area (Å²) in [7, 11) is 9.87. The van der Waals surface area contributed by atoms with Crippen molar-refractivity contribution in [3.8, 4) is 0 Å². The molecule has 0 aromatic carbocycles. The summed E-state index contributed by atoms with van der Waals surface area (Å²) in [6.45, 7) is 24.5. The molecule has 10 radical (unpaired) electrons. The number of rotatable bonds is 2. The second-order valence-corrected chi connectivity index (χ2v) is 17.8. The molecule has 192 valence electrons. The molecule has 8 fully saturated rings. The van der Waals surface area contributed by atoms with Crippen molar-refractivity contribution >= 4 is 17.0 Å². The van der Waals surface area contributed by atoms with Gasteiger partial charge >= 0.3 is 37.9 Å². The fraction of sp³-hybridized carbons (Fsp3) is 0.688. The second kappa shape index (κ2) is 10.1. The molecule has 3 heteroatoms. The normalized spacial score (nSPS) is 43.3. The molecule has 6 atom stereocenters. The zero-order chi connectivity index (χ0) is 26.1. The van der Waals surface area contributed by atoms with Crippen LogP contribution in [-0.4, -0.2) is 0 Å². The first-order chi connectivity index (χ1) is 16.2. The molecule has 8 aliphatic rings. The summed E-state index contributed by atoms with van der Waals surface area (Å²) in [6, 6.07) is 0. The van der Waals surface area contributed by atoms with E-state index in [4.69, 9.17) is 17.0 Å². The van der Waals surface area contributed by atoms with Crippen molar-refractivity contribution in [1.82, 2.24) is 0 Å². The Balaban J connectivity index is 0.000000149. The van der Waals surface area contributed by atoms with E-state index in [0.29, 0.717) is 21.7 Å². The van der Waals surface area contributed by atoms with Gasteiger partial charge < -0.3 is 0 Å². The molecule has 0 spiro atoms. The Morgan fingerprint density at radius 2 is 0.971 bits per heavy atom. The van der Waals surface area contributed by atoms with E-state index in [-0.39, 0.29) is 0 Å². The van der Waals surface area contributed by atoms with E-state index in [1.165, 1.54) is 12.8 Å². The predicted octanol–water partition coefficient (Wildman–Crippen LogP) is 9.58. The van der Waals surface area contributed by atoms with Crippen molar-refractivity contribution in [2.75, 3.05) is 0 Å². The molecule has 0 heterocycles. The topological polar surface area (TPSA) is 0 Å². The summed E-state index contributed by atoms with van der Waals surface area (Å²) >= 11 is -0.826. The van der Waals surface area contributed by atoms with Gasteiger partial charge in [-0.15, -0.1) is 0 Å². The van der Waals surface area contributed by atoms with Crippen molar-refractivity contribution in [3.05, 3.63) is 62.2 Å². The van der Waals surface area contributed by atoms with Gasteiger partial charge in [0.2, 0.25) is 0 Å². The molecule has 6 unspecified atom stereocenters.